The van der Waals surface area contributed by atoms with Gasteiger partial charge in [-0.2, -0.15) is 5.10 Å². The first-order valence-corrected chi connectivity index (χ1v) is 7.52. The molecule has 1 N–H and O–H groups in total. The summed E-state index contributed by atoms with van der Waals surface area (Å²) in [7, 11) is 0. The van der Waals surface area contributed by atoms with Crippen LogP contribution in [0.1, 0.15) is 21.5 Å². The van der Waals surface area contributed by atoms with Gasteiger partial charge in [-0.25, -0.2) is 0 Å². The molecule has 3 rings (SSSR count). The standard InChI is InChI=1S/C17H15ClN4O/c18-16-10-21-22(12-16)11-13-3-5-15(6-4-13)17(23)20-9-14-2-1-7-19-8-14/h1-8,10,12H,9,11H2,(H,20,23). The third kappa shape index (κ3) is 4.17. The fourth-order valence-corrected chi connectivity index (χ4v) is 2.32. The van der Waals surface area contributed by atoms with Crippen molar-refractivity contribution in [1.82, 2.24) is 20.1 Å². The van der Waals surface area contributed by atoms with Crippen LogP contribution in [-0.4, -0.2) is 20.7 Å². The van der Waals surface area contributed by atoms with E-state index in [0.717, 1.165) is 11.1 Å². The van der Waals surface area contributed by atoms with Gasteiger partial charge in [0.15, 0.2) is 0 Å². The van der Waals surface area contributed by atoms with Crippen LogP contribution in [0.2, 0.25) is 5.02 Å². The van der Waals surface area contributed by atoms with E-state index in [2.05, 4.69) is 15.4 Å². The molecule has 1 aromatic carbocycles. The Morgan fingerprint density at radius 3 is 2.61 bits per heavy atom. The zero-order valence-electron chi connectivity index (χ0n) is 12.3. The first-order valence-electron chi connectivity index (χ1n) is 7.15. The summed E-state index contributed by atoms with van der Waals surface area (Å²) in [6, 6.07) is 11.2. The number of benzene rings is 1. The number of halogens is 1. The number of carbonyl (C=O) groups is 1. The zero-order valence-corrected chi connectivity index (χ0v) is 13.1. The number of hydrogen-bond donors (Lipinski definition) is 1. The molecule has 0 aliphatic carbocycles. The van der Waals surface area contributed by atoms with E-state index in [1.165, 1.54) is 0 Å². The fraction of sp³-hybridized carbons (Fsp3) is 0.118. The molecule has 3 aromatic rings. The lowest BCUT2D eigenvalue weighted by Gasteiger charge is -2.06. The molecule has 0 atom stereocenters. The monoisotopic (exact) mass is 326 g/mol. The van der Waals surface area contributed by atoms with Crippen molar-refractivity contribution in [3.63, 3.8) is 0 Å². The van der Waals surface area contributed by atoms with E-state index in [4.69, 9.17) is 11.6 Å². The molecule has 2 heterocycles. The lowest BCUT2D eigenvalue weighted by Crippen LogP contribution is -2.22. The number of aromatic nitrogens is 3. The molecule has 5 nitrogen and oxygen atoms in total. The Kier molecular flexibility index (Phi) is 4.68. The van der Waals surface area contributed by atoms with Crippen LogP contribution in [0.25, 0.3) is 0 Å². The van der Waals surface area contributed by atoms with Crippen LogP contribution in [-0.2, 0) is 13.1 Å². The van der Waals surface area contributed by atoms with Gasteiger partial charge in [-0.05, 0) is 29.3 Å². The van der Waals surface area contributed by atoms with Crippen molar-refractivity contribution in [1.29, 1.82) is 0 Å². The van der Waals surface area contributed by atoms with Gasteiger partial charge in [0.05, 0.1) is 17.8 Å². The third-order valence-corrected chi connectivity index (χ3v) is 3.53. The van der Waals surface area contributed by atoms with Crippen molar-refractivity contribution in [2.24, 2.45) is 0 Å². The van der Waals surface area contributed by atoms with Crippen molar-refractivity contribution in [2.75, 3.05) is 0 Å². The number of pyridine rings is 1. The maximum atomic E-state index is 12.1. The molecule has 6 heteroatoms. The second-order valence-electron chi connectivity index (χ2n) is 5.10. The molecule has 2 aromatic heterocycles. The highest BCUT2D eigenvalue weighted by molar-refractivity contribution is 6.30. The Bertz CT molecular complexity index is 784. The molecule has 0 spiro atoms. The van der Waals surface area contributed by atoms with E-state index < -0.39 is 0 Å². The molecule has 0 aliphatic heterocycles. The van der Waals surface area contributed by atoms with Gasteiger partial charge in [-0.3, -0.25) is 14.5 Å². The second kappa shape index (κ2) is 7.07. The highest BCUT2D eigenvalue weighted by Gasteiger charge is 2.06. The average Bonchev–Trinajstić information content (AvgIpc) is 2.99. The van der Waals surface area contributed by atoms with Crippen LogP contribution in [0.5, 0.6) is 0 Å². The van der Waals surface area contributed by atoms with Crippen LogP contribution >= 0.6 is 11.6 Å². The summed E-state index contributed by atoms with van der Waals surface area (Å²) in [6.45, 7) is 1.07. The van der Waals surface area contributed by atoms with Crippen molar-refractivity contribution in [3.8, 4) is 0 Å². The molecule has 0 saturated carbocycles. The van der Waals surface area contributed by atoms with Crippen molar-refractivity contribution < 1.29 is 4.79 Å². The summed E-state index contributed by atoms with van der Waals surface area (Å²) in [5.41, 5.74) is 2.64. The summed E-state index contributed by atoms with van der Waals surface area (Å²) < 4.78 is 1.75. The lowest BCUT2D eigenvalue weighted by molar-refractivity contribution is 0.0951. The number of carbonyl (C=O) groups excluding carboxylic acids is 1. The first kappa shape index (κ1) is 15.2. The zero-order chi connectivity index (χ0) is 16.1. The van der Waals surface area contributed by atoms with Gasteiger partial charge in [-0.1, -0.05) is 29.8 Å². The number of hydrogen-bond acceptors (Lipinski definition) is 3. The summed E-state index contributed by atoms with van der Waals surface area (Å²) in [5, 5.41) is 7.61. The summed E-state index contributed by atoms with van der Waals surface area (Å²) >= 11 is 5.84. The Morgan fingerprint density at radius 1 is 1.13 bits per heavy atom. The molecule has 1 amide bonds. The predicted octanol–water partition coefficient (Wildman–Crippen LogP) is 2.91. The van der Waals surface area contributed by atoms with Crippen molar-refractivity contribution in [2.45, 2.75) is 13.1 Å². The number of nitrogens with one attached hydrogen (secondary N) is 1. The molecular formula is C17H15ClN4O. The van der Waals surface area contributed by atoms with Crippen LogP contribution < -0.4 is 5.32 Å². The molecule has 23 heavy (non-hydrogen) atoms. The third-order valence-electron chi connectivity index (χ3n) is 3.34. The Balaban J connectivity index is 1.59. The molecular weight excluding hydrogens is 312 g/mol. The molecule has 116 valence electrons. The Labute approximate surface area is 138 Å². The topological polar surface area (TPSA) is 59.8 Å². The smallest absolute Gasteiger partial charge is 0.251 e. The quantitative estimate of drug-likeness (QED) is 0.784. The Morgan fingerprint density at radius 2 is 1.96 bits per heavy atom. The highest BCUT2D eigenvalue weighted by Crippen LogP contribution is 2.09. The van der Waals surface area contributed by atoms with E-state index in [0.29, 0.717) is 23.7 Å². The number of amides is 1. The average molecular weight is 327 g/mol. The summed E-state index contributed by atoms with van der Waals surface area (Å²) in [4.78, 5) is 16.1. The summed E-state index contributed by atoms with van der Waals surface area (Å²) in [6.07, 6.45) is 6.80. The molecule has 0 radical (unpaired) electrons. The number of rotatable bonds is 5. The molecule has 0 unspecified atom stereocenters. The molecule has 0 aliphatic rings. The van der Waals surface area contributed by atoms with Gasteiger partial charge >= 0.3 is 0 Å². The summed E-state index contributed by atoms with van der Waals surface area (Å²) in [5.74, 6) is -0.109. The van der Waals surface area contributed by atoms with Gasteiger partial charge in [0.1, 0.15) is 0 Å². The van der Waals surface area contributed by atoms with Gasteiger partial charge in [0.25, 0.3) is 5.91 Å². The van der Waals surface area contributed by atoms with E-state index in [1.54, 1.807) is 41.6 Å². The van der Waals surface area contributed by atoms with Crippen LogP contribution in [0.4, 0.5) is 0 Å². The van der Waals surface area contributed by atoms with E-state index in [-0.39, 0.29) is 5.91 Å². The van der Waals surface area contributed by atoms with Crippen LogP contribution in [0, 0.1) is 0 Å². The van der Waals surface area contributed by atoms with Gasteiger partial charge in [0.2, 0.25) is 0 Å². The highest BCUT2D eigenvalue weighted by atomic mass is 35.5. The fourth-order valence-electron chi connectivity index (χ4n) is 2.16. The Hall–Kier alpha value is -2.66. The number of nitrogens with zero attached hydrogens (tertiary/aromatic N) is 3. The lowest BCUT2D eigenvalue weighted by atomic mass is 10.1. The van der Waals surface area contributed by atoms with E-state index in [1.807, 2.05) is 24.3 Å². The minimum Gasteiger partial charge on any atom is -0.348 e. The van der Waals surface area contributed by atoms with Gasteiger partial charge in [0, 0.05) is 30.7 Å². The van der Waals surface area contributed by atoms with Gasteiger partial charge in [-0.15, -0.1) is 0 Å². The molecule has 0 bridgehead atoms. The first-order chi connectivity index (χ1) is 11.2. The maximum absolute atomic E-state index is 12.1. The van der Waals surface area contributed by atoms with Crippen molar-refractivity contribution >= 4 is 17.5 Å². The van der Waals surface area contributed by atoms with Crippen molar-refractivity contribution in [3.05, 3.63) is 82.9 Å². The van der Waals surface area contributed by atoms with E-state index >= 15 is 0 Å². The van der Waals surface area contributed by atoms with Crippen LogP contribution in [0.3, 0.4) is 0 Å². The molecule has 0 fully saturated rings. The SMILES string of the molecule is O=C(NCc1cccnc1)c1ccc(Cn2cc(Cl)cn2)cc1. The second-order valence-corrected chi connectivity index (χ2v) is 5.53. The minimum absolute atomic E-state index is 0.109. The predicted molar refractivity (Wildman–Crippen MR) is 88.2 cm³/mol. The largest absolute Gasteiger partial charge is 0.348 e. The normalized spacial score (nSPS) is 10.5. The molecule has 0 saturated heterocycles. The van der Waals surface area contributed by atoms with Gasteiger partial charge < -0.3 is 5.32 Å². The minimum atomic E-state index is -0.109. The van der Waals surface area contributed by atoms with E-state index in [9.17, 15) is 4.79 Å². The van der Waals surface area contributed by atoms with Crippen LogP contribution in [0.15, 0.2) is 61.2 Å². The maximum Gasteiger partial charge on any atom is 0.251 e.